The summed E-state index contributed by atoms with van der Waals surface area (Å²) < 4.78 is 39.8. The Balaban J connectivity index is 1.27. The van der Waals surface area contributed by atoms with Crippen LogP contribution in [0.2, 0.25) is 0 Å². The van der Waals surface area contributed by atoms with E-state index in [0.29, 0.717) is 37.3 Å². The molecule has 0 radical (unpaired) electrons. The highest BCUT2D eigenvalue weighted by molar-refractivity contribution is 4.96. The summed E-state index contributed by atoms with van der Waals surface area (Å²) in [5.41, 5.74) is 0. The van der Waals surface area contributed by atoms with Gasteiger partial charge in [-0.05, 0) is 69.9 Å². The highest BCUT2D eigenvalue weighted by Gasteiger charge is 2.52. The van der Waals surface area contributed by atoms with Crippen molar-refractivity contribution < 1.29 is 84.2 Å². The van der Waals surface area contributed by atoms with Crippen LogP contribution in [0.5, 0.6) is 0 Å². The molecule has 2 bridgehead atoms. The second-order valence-corrected chi connectivity index (χ2v) is 16.4. The van der Waals surface area contributed by atoms with Gasteiger partial charge < -0.3 is 94.4 Å². The fourth-order valence-corrected chi connectivity index (χ4v) is 9.05. The van der Waals surface area contributed by atoms with Gasteiger partial charge >= 0.3 is 0 Å². The van der Waals surface area contributed by atoms with E-state index < -0.39 is 105 Å². The molecular formula is C37H68N2O17. The lowest BCUT2D eigenvalue weighted by Gasteiger charge is -2.47. The van der Waals surface area contributed by atoms with Gasteiger partial charge in [-0.25, -0.2) is 0 Å². The first kappa shape index (κ1) is 46.3. The predicted octanol–water partition coefficient (Wildman–Crippen LogP) is -3.67. The maximum absolute atomic E-state index is 11.5. The van der Waals surface area contributed by atoms with E-state index >= 15 is 0 Å². The molecule has 3 heterocycles. The molecule has 11 unspecified atom stereocenters. The third kappa shape index (κ3) is 12.0. The van der Waals surface area contributed by atoms with Crippen LogP contribution in [-0.4, -0.2) is 214 Å². The van der Waals surface area contributed by atoms with Crippen molar-refractivity contribution in [1.82, 2.24) is 10.2 Å². The van der Waals surface area contributed by atoms with Gasteiger partial charge in [-0.1, -0.05) is 19.3 Å². The largest absolute Gasteiger partial charge is 0.394 e. The molecule has 5 fully saturated rings. The van der Waals surface area contributed by atoms with E-state index in [4.69, 9.17) is 33.2 Å². The lowest BCUT2D eigenvalue weighted by molar-refractivity contribution is -0.361. The summed E-state index contributed by atoms with van der Waals surface area (Å²) in [6, 6.07) is 0. The molecular weight excluding hydrogens is 744 g/mol. The van der Waals surface area contributed by atoms with Gasteiger partial charge in [-0.3, -0.25) is 0 Å². The molecule has 19 nitrogen and oxygen atoms in total. The minimum absolute atomic E-state index is 0.144. The summed E-state index contributed by atoms with van der Waals surface area (Å²) in [6.07, 6.45) is -12.5. The van der Waals surface area contributed by atoms with Crippen LogP contribution in [0.25, 0.3) is 0 Å². The monoisotopic (exact) mass is 812 g/mol. The molecule has 18 atom stereocenters. The highest BCUT2D eigenvalue weighted by atomic mass is 16.7. The Kier molecular flexibility index (Phi) is 18.3. The number of rotatable bonds is 20. The van der Waals surface area contributed by atoms with E-state index in [1.807, 2.05) is 0 Å². The molecule has 5 aliphatic rings. The van der Waals surface area contributed by atoms with Gasteiger partial charge in [0.05, 0.1) is 19.3 Å². The van der Waals surface area contributed by atoms with E-state index in [1.165, 1.54) is 32.8 Å². The second kappa shape index (κ2) is 22.2. The van der Waals surface area contributed by atoms with Gasteiger partial charge in [-0.15, -0.1) is 0 Å². The molecule has 3 saturated heterocycles. The third-order valence-electron chi connectivity index (χ3n) is 12.1. The molecule has 3 aliphatic heterocycles. The van der Waals surface area contributed by atoms with E-state index in [2.05, 4.69) is 10.2 Å². The Hall–Kier alpha value is -0.760. The average Bonchev–Trinajstić information content (AvgIpc) is 3.18. The summed E-state index contributed by atoms with van der Waals surface area (Å²) in [6.45, 7) is 2.79. The second-order valence-electron chi connectivity index (χ2n) is 16.4. The van der Waals surface area contributed by atoms with Crippen LogP contribution in [0.15, 0.2) is 0 Å². The Labute approximate surface area is 328 Å². The number of hydrogen-bond acceptors (Lipinski definition) is 19. The average molecular weight is 813 g/mol. The zero-order valence-corrected chi connectivity index (χ0v) is 32.6. The first-order valence-corrected chi connectivity index (χ1v) is 20.3. The third-order valence-corrected chi connectivity index (χ3v) is 12.1. The molecule has 5 rings (SSSR count). The summed E-state index contributed by atoms with van der Waals surface area (Å²) >= 11 is 0. The standard InChI is InChI=1S/C37H68N2O17/c1-19(16-40)51-18-52-33-24(54-37(32(48)28(33)44)56-34-25(17-41)55-36(50-2)31(47)29(34)45)15-39(14-22-11-20-6-5-7-21(10-20)12-22)9-4-3-8-38-13-23-26(42)27(43)30(46)35(49)53-23/h19-38,40-49H,3-18H2,1-2H3/t19-,20?,21?,22?,23?,24?,25?,26-,27?,28?,29?,30?,31?,32?,33-,34-,35+,36+,37-/m1/s1. The maximum Gasteiger partial charge on any atom is 0.187 e. The van der Waals surface area contributed by atoms with Crippen LogP contribution in [0.4, 0.5) is 0 Å². The molecule has 0 amide bonds. The van der Waals surface area contributed by atoms with Crippen LogP contribution >= 0.6 is 0 Å². The quantitative estimate of drug-likeness (QED) is 0.0417. The number of fused-ring (bicyclic) bond motifs is 2. The van der Waals surface area contributed by atoms with Gasteiger partial charge in [-0.2, -0.15) is 0 Å². The van der Waals surface area contributed by atoms with Crippen LogP contribution < -0.4 is 5.32 Å². The van der Waals surface area contributed by atoms with Gasteiger partial charge in [0, 0.05) is 26.7 Å². The minimum atomic E-state index is -1.68. The SMILES string of the molecule is CO[C@H]1OC(CO)[C@@H](O[C@H]2OC(CN(CCCCNCC3O[C@H](O)C(O)C(O)[C@@H]3O)CC3CC4CCCC(C4)C3)[C@@H](OCO[C@H](C)CO)C(O)C2O)C(O)C1O. The van der Waals surface area contributed by atoms with Gasteiger partial charge in [0.1, 0.15) is 80.0 Å². The summed E-state index contributed by atoms with van der Waals surface area (Å²) in [7, 11) is 1.28. The fraction of sp³-hybridized carbons (Fsp3) is 1.00. The maximum atomic E-state index is 11.5. The first-order chi connectivity index (χ1) is 26.8. The summed E-state index contributed by atoms with van der Waals surface area (Å²) in [5, 5.41) is 107. The number of aliphatic hydroxyl groups is 10. The Morgan fingerprint density at radius 3 is 2.07 bits per heavy atom. The molecule has 2 saturated carbocycles. The summed E-state index contributed by atoms with van der Waals surface area (Å²) in [4.78, 5) is 2.26. The number of hydrogen-bond donors (Lipinski definition) is 11. The molecule has 0 aromatic rings. The van der Waals surface area contributed by atoms with E-state index in [9.17, 15) is 51.1 Å². The van der Waals surface area contributed by atoms with Crippen molar-refractivity contribution in [3.63, 3.8) is 0 Å². The zero-order chi connectivity index (χ0) is 40.5. The van der Waals surface area contributed by atoms with Crippen LogP contribution in [0.1, 0.15) is 58.3 Å². The van der Waals surface area contributed by atoms with Gasteiger partial charge in [0.2, 0.25) is 0 Å². The molecule has 0 spiro atoms. The molecule has 56 heavy (non-hydrogen) atoms. The Bertz CT molecular complexity index is 1120. The van der Waals surface area contributed by atoms with E-state index in [1.54, 1.807) is 6.92 Å². The molecule has 19 heteroatoms. The minimum Gasteiger partial charge on any atom is -0.394 e. The number of nitrogens with zero attached hydrogens (tertiary/aromatic N) is 1. The normalized spacial score (nSPS) is 43.9. The fourth-order valence-electron chi connectivity index (χ4n) is 9.05. The van der Waals surface area contributed by atoms with Crippen molar-refractivity contribution >= 4 is 0 Å². The van der Waals surface area contributed by atoms with E-state index in [0.717, 1.165) is 25.8 Å². The van der Waals surface area contributed by atoms with Crippen molar-refractivity contribution in [2.75, 3.05) is 59.8 Å². The van der Waals surface area contributed by atoms with Gasteiger partial charge in [0.25, 0.3) is 0 Å². The number of unbranched alkanes of at least 4 members (excludes halogenated alkanes) is 1. The van der Waals surface area contributed by atoms with Crippen molar-refractivity contribution in [3.05, 3.63) is 0 Å². The highest BCUT2D eigenvalue weighted by Crippen LogP contribution is 2.43. The molecule has 2 aliphatic carbocycles. The number of nitrogens with one attached hydrogen (secondary N) is 1. The first-order valence-electron chi connectivity index (χ1n) is 20.3. The Morgan fingerprint density at radius 2 is 1.39 bits per heavy atom. The molecule has 11 N–H and O–H groups in total. The molecule has 0 aromatic carbocycles. The number of ether oxygens (including phenoxy) is 7. The van der Waals surface area contributed by atoms with Crippen LogP contribution in [-0.2, 0) is 33.2 Å². The Morgan fingerprint density at radius 1 is 0.714 bits per heavy atom. The number of methoxy groups -OCH3 is 1. The van der Waals surface area contributed by atoms with Crippen molar-refractivity contribution in [3.8, 4) is 0 Å². The lowest BCUT2D eigenvalue weighted by atomic mass is 9.68. The van der Waals surface area contributed by atoms with Crippen LogP contribution in [0.3, 0.4) is 0 Å². The smallest absolute Gasteiger partial charge is 0.187 e. The molecule has 0 aromatic heterocycles. The van der Waals surface area contributed by atoms with Crippen LogP contribution in [0, 0.1) is 17.8 Å². The zero-order valence-electron chi connectivity index (χ0n) is 32.6. The van der Waals surface area contributed by atoms with Crippen molar-refractivity contribution in [2.24, 2.45) is 17.8 Å². The van der Waals surface area contributed by atoms with Crippen molar-refractivity contribution in [2.45, 2.75) is 157 Å². The lowest BCUT2D eigenvalue weighted by Crippen LogP contribution is -2.65. The summed E-state index contributed by atoms with van der Waals surface area (Å²) in [5.74, 6) is 1.81. The van der Waals surface area contributed by atoms with Crippen molar-refractivity contribution in [1.29, 1.82) is 0 Å². The van der Waals surface area contributed by atoms with E-state index in [-0.39, 0.29) is 26.5 Å². The van der Waals surface area contributed by atoms with Gasteiger partial charge in [0.15, 0.2) is 18.9 Å². The topological polar surface area (TPSA) is 282 Å². The number of aliphatic hydroxyl groups excluding tert-OH is 10. The molecule has 328 valence electrons. The predicted molar refractivity (Wildman–Crippen MR) is 193 cm³/mol.